The lowest BCUT2D eigenvalue weighted by atomic mass is 10.2. The van der Waals surface area contributed by atoms with Gasteiger partial charge in [-0.05, 0) is 84.3 Å². The summed E-state index contributed by atoms with van der Waals surface area (Å²) in [6, 6.07) is 29.1. The summed E-state index contributed by atoms with van der Waals surface area (Å²) in [6.07, 6.45) is 0. The number of ether oxygens (including phenoxy) is 1. The van der Waals surface area contributed by atoms with Crippen molar-refractivity contribution < 1.29 is 9.13 Å². The standard InChI is InChI=1S/C28H23FN2OS/c1-19-5-14-26-27(15-19)33-28(31-26)22-8-12-24(13-9-22)30-17-21-3-2-4-25(16-21)32-18-20-6-10-23(29)11-7-20/h2-16,30H,17-18H2,1H3. The number of hydrogen-bond donors (Lipinski definition) is 1. The third-order valence-electron chi connectivity index (χ3n) is 5.39. The molecule has 0 amide bonds. The van der Waals surface area contributed by atoms with E-state index in [2.05, 4.69) is 60.8 Å². The maximum absolute atomic E-state index is 13.0. The van der Waals surface area contributed by atoms with E-state index < -0.39 is 0 Å². The lowest BCUT2D eigenvalue weighted by molar-refractivity contribution is 0.306. The molecule has 0 bridgehead atoms. The van der Waals surface area contributed by atoms with Crippen molar-refractivity contribution >= 4 is 27.2 Å². The Bertz CT molecular complexity index is 1380. The molecule has 5 rings (SSSR count). The number of halogens is 1. The molecule has 5 heteroatoms. The van der Waals surface area contributed by atoms with Gasteiger partial charge in [-0.3, -0.25) is 0 Å². The van der Waals surface area contributed by atoms with Crippen LogP contribution in [0.4, 0.5) is 10.1 Å². The van der Waals surface area contributed by atoms with Crippen LogP contribution in [-0.2, 0) is 13.2 Å². The molecule has 5 aromatic rings. The first-order valence-corrected chi connectivity index (χ1v) is 11.6. The second-order valence-corrected chi connectivity index (χ2v) is 9.01. The summed E-state index contributed by atoms with van der Waals surface area (Å²) in [7, 11) is 0. The third kappa shape index (κ3) is 5.21. The van der Waals surface area contributed by atoms with Gasteiger partial charge in [0, 0.05) is 17.8 Å². The zero-order chi connectivity index (χ0) is 22.6. The minimum absolute atomic E-state index is 0.241. The van der Waals surface area contributed by atoms with Crippen molar-refractivity contribution in [1.29, 1.82) is 0 Å². The van der Waals surface area contributed by atoms with E-state index in [0.717, 1.165) is 38.7 Å². The molecule has 0 unspecified atom stereocenters. The molecule has 0 fully saturated rings. The number of rotatable bonds is 7. The Labute approximate surface area is 196 Å². The van der Waals surface area contributed by atoms with E-state index in [-0.39, 0.29) is 5.82 Å². The number of fused-ring (bicyclic) bond motifs is 1. The average molecular weight is 455 g/mol. The Morgan fingerprint density at radius 3 is 2.52 bits per heavy atom. The Morgan fingerprint density at radius 1 is 0.879 bits per heavy atom. The molecule has 1 N–H and O–H groups in total. The normalized spacial score (nSPS) is 11.0. The van der Waals surface area contributed by atoms with Gasteiger partial charge in [-0.2, -0.15) is 0 Å². The number of benzene rings is 4. The van der Waals surface area contributed by atoms with E-state index in [1.54, 1.807) is 23.5 Å². The molecule has 4 aromatic carbocycles. The molecule has 0 saturated carbocycles. The highest BCUT2D eigenvalue weighted by atomic mass is 32.1. The number of nitrogens with one attached hydrogen (secondary N) is 1. The highest BCUT2D eigenvalue weighted by Gasteiger charge is 2.07. The van der Waals surface area contributed by atoms with E-state index in [0.29, 0.717) is 13.2 Å². The van der Waals surface area contributed by atoms with Crippen molar-refractivity contribution in [2.45, 2.75) is 20.1 Å². The average Bonchev–Trinajstić information content (AvgIpc) is 3.26. The van der Waals surface area contributed by atoms with Gasteiger partial charge in [0.15, 0.2) is 0 Å². The van der Waals surface area contributed by atoms with Crippen molar-refractivity contribution in [3.63, 3.8) is 0 Å². The van der Waals surface area contributed by atoms with Crippen LogP contribution >= 0.6 is 11.3 Å². The van der Waals surface area contributed by atoms with Crippen molar-refractivity contribution in [3.05, 3.63) is 114 Å². The van der Waals surface area contributed by atoms with Gasteiger partial charge in [0.05, 0.1) is 10.2 Å². The van der Waals surface area contributed by atoms with Gasteiger partial charge in [0.1, 0.15) is 23.2 Å². The Hall–Kier alpha value is -3.70. The van der Waals surface area contributed by atoms with Gasteiger partial charge < -0.3 is 10.1 Å². The quantitative estimate of drug-likeness (QED) is 0.275. The van der Waals surface area contributed by atoms with Crippen LogP contribution in [0.3, 0.4) is 0 Å². The lowest BCUT2D eigenvalue weighted by Crippen LogP contribution is -2.00. The molecule has 0 aliphatic heterocycles. The van der Waals surface area contributed by atoms with Crippen LogP contribution in [0.15, 0.2) is 91.0 Å². The van der Waals surface area contributed by atoms with Crippen LogP contribution in [0, 0.1) is 12.7 Å². The molecule has 0 spiro atoms. The summed E-state index contributed by atoms with van der Waals surface area (Å²) in [4.78, 5) is 4.77. The molecule has 33 heavy (non-hydrogen) atoms. The van der Waals surface area contributed by atoms with E-state index in [9.17, 15) is 4.39 Å². The molecule has 1 heterocycles. The Kier molecular flexibility index (Phi) is 6.05. The highest BCUT2D eigenvalue weighted by molar-refractivity contribution is 7.21. The fourth-order valence-corrected chi connectivity index (χ4v) is 4.65. The third-order valence-corrected chi connectivity index (χ3v) is 6.46. The second-order valence-electron chi connectivity index (χ2n) is 7.98. The molecular weight excluding hydrogens is 431 g/mol. The molecule has 1 aromatic heterocycles. The maximum Gasteiger partial charge on any atom is 0.124 e. The number of anilines is 1. The highest BCUT2D eigenvalue weighted by Crippen LogP contribution is 2.31. The summed E-state index contributed by atoms with van der Waals surface area (Å²) in [6.45, 7) is 3.20. The van der Waals surface area contributed by atoms with Crippen LogP contribution in [0.5, 0.6) is 5.75 Å². The predicted molar refractivity (Wildman–Crippen MR) is 134 cm³/mol. The molecule has 3 nitrogen and oxygen atoms in total. The SMILES string of the molecule is Cc1ccc2nc(-c3ccc(NCc4cccc(OCc5ccc(F)cc5)c4)cc3)sc2c1. The lowest BCUT2D eigenvalue weighted by Gasteiger charge is -2.10. The monoisotopic (exact) mass is 454 g/mol. The largest absolute Gasteiger partial charge is 0.489 e. The minimum atomic E-state index is -0.241. The van der Waals surface area contributed by atoms with Crippen LogP contribution in [0.1, 0.15) is 16.7 Å². The molecule has 0 aliphatic rings. The summed E-state index contributed by atoms with van der Waals surface area (Å²) in [5.74, 6) is 0.551. The first-order valence-electron chi connectivity index (χ1n) is 10.8. The van der Waals surface area contributed by atoms with Gasteiger partial charge in [-0.25, -0.2) is 9.37 Å². The van der Waals surface area contributed by atoms with Crippen molar-refractivity contribution in [1.82, 2.24) is 4.98 Å². The van der Waals surface area contributed by atoms with Gasteiger partial charge in [0.25, 0.3) is 0 Å². The number of nitrogens with zero attached hydrogens (tertiary/aromatic N) is 1. The van der Waals surface area contributed by atoms with Crippen LogP contribution in [0.2, 0.25) is 0 Å². The summed E-state index contributed by atoms with van der Waals surface area (Å²) in [5, 5.41) is 4.50. The summed E-state index contributed by atoms with van der Waals surface area (Å²) < 4.78 is 20.1. The fraction of sp³-hybridized carbons (Fsp3) is 0.107. The van der Waals surface area contributed by atoms with Crippen LogP contribution in [0.25, 0.3) is 20.8 Å². The smallest absolute Gasteiger partial charge is 0.124 e. The first-order chi connectivity index (χ1) is 16.1. The number of thiazole rings is 1. The maximum atomic E-state index is 13.0. The van der Waals surface area contributed by atoms with Crippen molar-refractivity contribution in [2.75, 3.05) is 5.32 Å². The van der Waals surface area contributed by atoms with Crippen molar-refractivity contribution in [2.24, 2.45) is 0 Å². The van der Waals surface area contributed by atoms with E-state index in [1.807, 2.05) is 18.2 Å². The topological polar surface area (TPSA) is 34.2 Å². The zero-order valence-electron chi connectivity index (χ0n) is 18.2. The molecule has 0 saturated heterocycles. The fourth-order valence-electron chi connectivity index (χ4n) is 3.58. The first kappa shape index (κ1) is 21.2. The van der Waals surface area contributed by atoms with E-state index >= 15 is 0 Å². The Balaban J connectivity index is 1.20. The Morgan fingerprint density at radius 2 is 1.70 bits per heavy atom. The predicted octanol–water partition coefficient (Wildman–Crippen LogP) is 7.60. The zero-order valence-corrected chi connectivity index (χ0v) is 19.0. The molecule has 0 aliphatic carbocycles. The number of hydrogen-bond acceptors (Lipinski definition) is 4. The van der Waals surface area contributed by atoms with E-state index in [1.165, 1.54) is 22.4 Å². The van der Waals surface area contributed by atoms with Gasteiger partial charge in [-0.15, -0.1) is 11.3 Å². The van der Waals surface area contributed by atoms with E-state index in [4.69, 9.17) is 9.72 Å². The minimum Gasteiger partial charge on any atom is -0.489 e. The van der Waals surface area contributed by atoms with Crippen molar-refractivity contribution in [3.8, 4) is 16.3 Å². The molecule has 0 radical (unpaired) electrons. The van der Waals surface area contributed by atoms with Gasteiger partial charge in [0.2, 0.25) is 0 Å². The summed E-state index contributed by atoms with van der Waals surface area (Å²) >= 11 is 1.72. The van der Waals surface area contributed by atoms with Gasteiger partial charge in [-0.1, -0.05) is 30.3 Å². The molecule has 0 atom stereocenters. The van der Waals surface area contributed by atoms with Gasteiger partial charge >= 0.3 is 0 Å². The second kappa shape index (κ2) is 9.43. The van der Waals surface area contributed by atoms with Crippen LogP contribution < -0.4 is 10.1 Å². The molecular formula is C28H23FN2OS. The summed E-state index contributed by atoms with van der Waals surface area (Å²) in [5.41, 5.74) is 6.52. The number of aryl methyl sites for hydroxylation is 1. The molecule has 164 valence electrons. The van der Waals surface area contributed by atoms with Crippen LogP contribution in [-0.4, -0.2) is 4.98 Å². The number of aromatic nitrogens is 1.